The van der Waals surface area contributed by atoms with Crippen LogP contribution in [0, 0.1) is 10.1 Å². The van der Waals surface area contributed by atoms with E-state index in [4.69, 9.17) is 0 Å². The van der Waals surface area contributed by atoms with Crippen LogP contribution in [0.15, 0.2) is 209 Å². The molecule has 1 N–H and O–H groups in total. The molecule has 0 unspecified atom stereocenters. The predicted molar refractivity (Wildman–Crippen MR) is 254 cm³/mol. The van der Waals surface area contributed by atoms with Crippen LogP contribution < -0.4 is 0 Å². The molecule has 0 saturated carbocycles. The van der Waals surface area contributed by atoms with Crippen LogP contribution >= 0.6 is 31.9 Å². The number of nitrogens with zero attached hydrogens (tertiary/aromatic N) is 3. The average Bonchev–Trinajstić information content (AvgIpc) is 3.97. The number of hydrogen-bond acceptors (Lipinski definition) is 2. The molecule has 6 nitrogen and oxygen atoms in total. The van der Waals surface area contributed by atoms with Gasteiger partial charge in [0.15, 0.2) is 0 Å². The number of nitro benzene ring substituents is 1. The van der Waals surface area contributed by atoms with Crippen LogP contribution in [0.1, 0.15) is 0 Å². The van der Waals surface area contributed by atoms with Crippen molar-refractivity contribution in [1.29, 1.82) is 0 Å². The first-order valence-corrected chi connectivity index (χ1v) is 21.1. The molecule has 0 radical (unpaired) electrons. The Morgan fingerprint density at radius 3 is 1.57 bits per heavy atom. The van der Waals surface area contributed by atoms with Crippen LogP contribution in [-0.2, 0) is 0 Å². The van der Waals surface area contributed by atoms with Gasteiger partial charge in [0.05, 0.1) is 32.9 Å². The van der Waals surface area contributed by atoms with Crippen molar-refractivity contribution in [3.8, 4) is 45.0 Å². The van der Waals surface area contributed by atoms with Crippen molar-refractivity contribution in [3.63, 3.8) is 0 Å². The maximum absolute atomic E-state index is 11.6. The quantitative estimate of drug-likeness (QED) is 0.133. The van der Waals surface area contributed by atoms with Crippen molar-refractivity contribution in [3.05, 3.63) is 219 Å². The second-order valence-electron chi connectivity index (χ2n) is 14.6. The van der Waals surface area contributed by atoms with Crippen molar-refractivity contribution >= 4 is 81.2 Å². The molecule has 0 aliphatic heterocycles. The summed E-state index contributed by atoms with van der Waals surface area (Å²) in [6.07, 6.45) is 0. The number of rotatable bonds is 6. The highest BCUT2D eigenvalue weighted by Gasteiger charge is 2.19. The second-order valence-corrected chi connectivity index (χ2v) is 16.4. The highest BCUT2D eigenvalue weighted by atomic mass is 79.9. The van der Waals surface area contributed by atoms with Crippen molar-refractivity contribution in [2.75, 3.05) is 0 Å². The third-order valence-corrected chi connectivity index (χ3v) is 11.9. The van der Waals surface area contributed by atoms with Gasteiger partial charge in [-0.25, -0.2) is 0 Å². The molecule has 8 heteroatoms. The molecule has 0 spiro atoms. The van der Waals surface area contributed by atoms with Crippen LogP contribution in [0.2, 0.25) is 0 Å². The molecule has 11 aromatic rings. The van der Waals surface area contributed by atoms with Gasteiger partial charge >= 0.3 is 0 Å². The van der Waals surface area contributed by atoms with Crippen molar-refractivity contribution < 1.29 is 4.92 Å². The fourth-order valence-corrected chi connectivity index (χ4v) is 8.92. The summed E-state index contributed by atoms with van der Waals surface area (Å²) in [6, 6.07) is 68.1. The Balaban J connectivity index is 0.000000145. The molecular formula is C52H34Br2N4O2. The van der Waals surface area contributed by atoms with Crippen molar-refractivity contribution in [2.24, 2.45) is 0 Å². The summed E-state index contributed by atoms with van der Waals surface area (Å²) in [5.41, 5.74) is 12.8. The number of fused-ring (bicyclic) bond motifs is 5. The van der Waals surface area contributed by atoms with E-state index in [1.54, 1.807) is 12.1 Å². The number of hydrogen-bond donors (Lipinski definition) is 1. The van der Waals surface area contributed by atoms with Gasteiger partial charge in [0, 0.05) is 59.0 Å². The van der Waals surface area contributed by atoms with Gasteiger partial charge in [0.2, 0.25) is 0 Å². The van der Waals surface area contributed by atoms with Gasteiger partial charge in [0.25, 0.3) is 5.69 Å². The topological polar surface area (TPSA) is 68.8 Å². The first-order chi connectivity index (χ1) is 29.4. The molecule has 0 atom stereocenters. The number of aromatic nitrogens is 3. The van der Waals surface area contributed by atoms with Gasteiger partial charge in [0.1, 0.15) is 0 Å². The third kappa shape index (κ3) is 6.89. The summed E-state index contributed by atoms with van der Waals surface area (Å²) in [7, 11) is 0. The molecule has 0 bridgehead atoms. The van der Waals surface area contributed by atoms with Crippen molar-refractivity contribution in [2.45, 2.75) is 0 Å². The number of halogens is 2. The van der Waals surface area contributed by atoms with E-state index in [1.165, 1.54) is 44.7 Å². The lowest BCUT2D eigenvalue weighted by molar-refractivity contribution is -0.384. The molecule has 0 amide bonds. The molecule has 0 fully saturated rings. The highest BCUT2D eigenvalue weighted by Crippen LogP contribution is 2.39. The number of nitro groups is 1. The Hall–Kier alpha value is -7.00. The summed E-state index contributed by atoms with van der Waals surface area (Å²) in [5, 5.41) is 16.4. The number of para-hydroxylation sites is 2. The first-order valence-electron chi connectivity index (χ1n) is 19.5. The maximum Gasteiger partial charge on any atom is 0.277 e. The summed E-state index contributed by atoms with van der Waals surface area (Å²) >= 11 is 7.07. The summed E-state index contributed by atoms with van der Waals surface area (Å²) in [5.74, 6) is 0. The molecule has 3 heterocycles. The van der Waals surface area contributed by atoms with Crippen LogP contribution in [0.25, 0.3) is 88.6 Å². The zero-order valence-electron chi connectivity index (χ0n) is 32.0. The van der Waals surface area contributed by atoms with Gasteiger partial charge in [-0.3, -0.25) is 10.1 Å². The average molecular weight is 907 g/mol. The lowest BCUT2D eigenvalue weighted by atomic mass is 10.0. The minimum absolute atomic E-state index is 0.0867. The SMILES string of the molecule is Brc1ccc2[nH]c3cc4cc(-c5ccccc5)n(-c5ccccc5)c4cc3c2c1.O=[N+]([O-])c1ccc(Br)cc1-c1ccc2cc(-c3ccccc3)n(-c3ccccc3)c2c1. The van der Waals surface area contributed by atoms with E-state index in [1.807, 2.05) is 54.6 Å². The van der Waals surface area contributed by atoms with Gasteiger partial charge in [-0.2, -0.15) is 0 Å². The standard InChI is InChI=1S/C26H17BrN2O2.C26H17BrN2/c27-21-13-14-24(29(30)31)23(17-21)19-11-12-20-16-25(18-7-3-1-4-8-18)28(26(20)15-19)22-9-5-2-6-10-22;27-19-11-12-23-21(15-19)22-16-26-18(13-24(22)28-23)14-25(17-7-3-1-4-8-17)29(26)20-9-5-2-6-10-20/h1-17H;1-16,28H. The van der Waals surface area contributed by atoms with Crippen LogP contribution in [0.5, 0.6) is 0 Å². The van der Waals surface area contributed by atoms with E-state index < -0.39 is 0 Å². The summed E-state index contributed by atoms with van der Waals surface area (Å²) in [6.45, 7) is 0. The maximum atomic E-state index is 11.6. The van der Waals surface area contributed by atoms with Crippen LogP contribution in [0.3, 0.4) is 0 Å². The Morgan fingerprint density at radius 1 is 0.450 bits per heavy atom. The van der Waals surface area contributed by atoms with E-state index in [0.29, 0.717) is 5.56 Å². The number of benzene rings is 8. The molecule has 288 valence electrons. The lowest BCUT2D eigenvalue weighted by Crippen LogP contribution is -1.97. The summed E-state index contributed by atoms with van der Waals surface area (Å²) in [4.78, 5) is 14.9. The van der Waals surface area contributed by atoms with Crippen LogP contribution in [-0.4, -0.2) is 19.0 Å². The smallest absolute Gasteiger partial charge is 0.277 e. The number of aromatic amines is 1. The Kier molecular flexibility index (Phi) is 9.72. The van der Waals surface area contributed by atoms with E-state index in [-0.39, 0.29) is 10.6 Å². The molecular weight excluding hydrogens is 872 g/mol. The molecule has 0 aliphatic rings. The van der Waals surface area contributed by atoms with E-state index in [9.17, 15) is 10.1 Å². The molecule has 0 saturated heterocycles. The minimum Gasteiger partial charge on any atom is -0.354 e. The lowest BCUT2D eigenvalue weighted by Gasteiger charge is -2.12. The second kappa shape index (κ2) is 15.6. The first kappa shape index (κ1) is 37.3. The number of H-pyrrole nitrogens is 1. The van der Waals surface area contributed by atoms with E-state index in [0.717, 1.165) is 53.4 Å². The monoisotopic (exact) mass is 904 g/mol. The van der Waals surface area contributed by atoms with Gasteiger partial charge < -0.3 is 14.1 Å². The zero-order valence-corrected chi connectivity index (χ0v) is 35.1. The fraction of sp³-hybridized carbons (Fsp3) is 0. The van der Waals surface area contributed by atoms with Gasteiger partial charge in [-0.1, -0.05) is 141 Å². The zero-order chi connectivity index (χ0) is 40.7. The highest BCUT2D eigenvalue weighted by molar-refractivity contribution is 9.10. The van der Waals surface area contributed by atoms with Crippen LogP contribution in [0.4, 0.5) is 5.69 Å². The number of nitrogens with one attached hydrogen (secondary N) is 1. The minimum atomic E-state index is -0.336. The van der Waals surface area contributed by atoms with E-state index in [2.05, 4.69) is 173 Å². The Bertz CT molecular complexity index is 3360. The normalized spacial score (nSPS) is 11.3. The Labute approximate surface area is 362 Å². The van der Waals surface area contributed by atoms with Gasteiger partial charge in [-0.15, -0.1) is 0 Å². The van der Waals surface area contributed by atoms with Gasteiger partial charge in [-0.05, 0) is 102 Å². The third-order valence-electron chi connectivity index (χ3n) is 10.9. The van der Waals surface area contributed by atoms with Crippen molar-refractivity contribution in [1.82, 2.24) is 14.1 Å². The summed E-state index contributed by atoms with van der Waals surface area (Å²) < 4.78 is 6.46. The predicted octanol–water partition coefficient (Wildman–Crippen LogP) is 15.3. The molecule has 3 aromatic heterocycles. The molecule has 60 heavy (non-hydrogen) atoms. The fourth-order valence-electron chi connectivity index (χ4n) is 8.20. The largest absolute Gasteiger partial charge is 0.354 e. The molecule has 0 aliphatic carbocycles. The van der Waals surface area contributed by atoms with E-state index >= 15 is 0 Å². The molecule has 8 aromatic carbocycles. The Morgan fingerprint density at radius 2 is 0.967 bits per heavy atom. The molecule has 11 rings (SSSR count).